The van der Waals surface area contributed by atoms with E-state index >= 15 is 0 Å². The highest BCUT2D eigenvalue weighted by molar-refractivity contribution is 5.63. The van der Waals surface area contributed by atoms with E-state index in [0.29, 0.717) is 5.82 Å². The molecule has 0 unspecified atom stereocenters. The highest BCUT2D eigenvalue weighted by Gasteiger charge is 2.14. The molecule has 1 fully saturated rings. The van der Waals surface area contributed by atoms with Crippen molar-refractivity contribution in [2.24, 2.45) is 0 Å². The minimum Gasteiger partial charge on any atom is -0.452 e. The number of hydrogen-bond acceptors (Lipinski definition) is 5. The van der Waals surface area contributed by atoms with E-state index in [4.69, 9.17) is 9.26 Å². The number of aromatic nitrogens is 2. The fourth-order valence-electron chi connectivity index (χ4n) is 2.23. The number of benzene rings is 1. The summed E-state index contributed by atoms with van der Waals surface area (Å²) >= 11 is 0. The van der Waals surface area contributed by atoms with Crippen molar-refractivity contribution < 1.29 is 9.26 Å². The predicted molar refractivity (Wildman–Crippen MR) is 67.7 cm³/mol. The van der Waals surface area contributed by atoms with Crippen molar-refractivity contribution in [3.63, 3.8) is 0 Å². The van der Waals surface area contributed by atoms with E-state index in [2.05, 4.69) is 27.2 Å². The van der Waals surface area contributed by atoms with Crippen LogP contribution in [0, 0.1) is 0 Å². The van der Waals surface area contributed by atoms with Crippen LogP contribution in [0.4, 0.5) is 5.69 Å². The first-order chi connectivity index (χ1) is 8.86. The lowest BCUT2D eigenvalue weighted by Gasteiger charge is -2.17. The molecule has 1 saturated heterocycles. The Morgan fingerprint density at radius 3 is 2.83 bits per heavy atom. The molecule has 0 aliphatic carbocycles. The molecule has 0 atom stereocenters. The first-order valence-corrected chi connectivity index (χ1v) is 6.10. The molecule has 94 valence electrons. The van der Waals surface area contributed by atoms with Gasteiger partial charge in [0.1, 0.15) is 0 Å². The third-order valence-corrected chi connectivity index (χ3v) is 3.16. The molecule has 2 heterocycles. The summed E-state index contributed by atoms with van der Waals surface area (Å²) in [6, 6.07) is 8.21. The number of nitrogens with zero attached hydrogens (tertiary/aromatic N) is 3. The molecule has 0 saturated carbocycles. The van der Waals surface area contributed by atoms with Gasteiger partial charge in [-0.3, -0.25) is 4.52 Å². The maximum absolute atomic E-state index is 4.94. The van der Waals surface area contributed by atoms with Crippen LogP contribution >= 0.6 is 0 Å². The van der Waals surface area contributed by atoms with Gasteiger partial charge < -0.3 is 9.64 Å². The van der Waals surface area contributed by atoms with Crippen molar-refractivity contribution >= 4 is 5.69 Å². The van der Waals surface area contributed by atoms with Crippen molar-refractivity contribution in [1.82, 2.24) is 10.1 Å². The van der Waals surface area contributed by atoms with Gasteiger partial charge in [0.05, 0.1) is 7.11 Å². The highest BCUT2D eigenvalue weighted by atomic mass is 16.6. The molecule has 3 rings (SSSR count). The molecule has 18 heavy (non-hydrogen) atoms. The Balaban J connectivity index is 1.90. The number of anilines is 1. The van der Waals surface area contributed by atoms with E-state index in [1.165, 1.54) is 25.6 Å². The second kappa shape index (κ2) is 4.68. The summed E-state index contributed by atoms with van der Waals surface area (Å²) in [6.45, 7) is 2.25. The molecule has 0 amide bonds. The molecule has 0 bridgehead atoms. The third-order valence-electron chi connectivity index (χ3n) is 3.16. The van der Waals surface area contributed by atoms with Crippen molar-refractivity contribution in [2.75, 3.05) is 25.1 Å². The van der Waals surface area contributed by atoms with E-state index in [1.54, 1.807) is 0 Å². The average Bonchev–Trinajstić information content (AvgIpc) is 3.10. The minimum absolute atomic E-state index is 0.191. The fraction of sp³-hybridized carbons (Fsp3) is 0.385. The Labute approximate surface area is 105 Å². The third kappa shape index (κ3) is 2.03. The van der Waals surface area contributed by atoms with Gasteiger partial charge in [-0.2, -0.15) is 4.98 Å². The van der Waals surface area contributed by atoms with Gasteiger partial charge in [-0.15, -0.1) is 0 Å². The monoisotopic (exact) mass is 245 g/mol. The summed E-state index contributed by atoms with van der Waals surface area (Å²) in [4.78, 5) is 6.52. The molecule has 5 heteroatoms. The lowest BCUT2D eigenvalue weighted by molar-refractivity contribution is 0.250. The second-order valence-corrected chi connectivity index (χ2v) is 4.33. The van der Waals surface area contributed by atoms with E-state index in [0.717, 1.165) is 18.7 Å². The van der Waals surface area contributed by atoms with E-state index in [-0.39, 0.29) is 6.08 Å². The van der Waals surface area contributed by atoms with Crippen LogP contribution in [0.3, 0.4) is 0 Å². The topological polar surface area (TPSA) is 51.4 Å². The molecule has 1 aromatic carbocycles. The zero-order chi connectivity index (χ0) is 12.4. The molecule has 1 aromatic heterocycles. The van der Waals surface area contributed by atoms with Crippen molar-refractivity contribution in [3.05, 3.63) is 24.3 Å². The predicted octanol–water partition coefficient (Wildman–Crippen LogP) is 2.35. The number of hydrogen-bond donors (Lipinski definition) is 0. The summed E-state index contributed by atoms with van der Waals surface area (Å²) in [6.07, 6.45) is 2.72. The van der Waals surface area contributed by atoms with Crippen LogP contribution in [-0.4, -0.2) is 30.3 Å². The molecular weight excluding hydrogens is 230 g/mol. The molecule has 5 nitrogen and oxygen atoms in total. The fourth-order valence-corrected chi connectivity index (χ4v) is 2.23. The molecule has 1 aliphatic heterocycles. The quantitative estimate of drug-likeness (QED) is 0.830. The Hall–Kier alpha value is -2.04. The van der Waals surface area contributed by atoms with Crippen LogP contribution in [-0.2, 0) is 0 Å². The summed E-state index contributed by atoms with van der Waals surface area (Å²) in [5, 5.41) is 3.90. The van der Waals surface area contributed by atoms with Gasteiger partial charge in [-0.05, 0) is 25.0 Å². The van der Waals surface area contributed by atoms with Crippen molar-refractivity contribution in [3.8, 4) is 17.5 Å². The normalized spacial score (nSPS) is 15.1. The highest BCUT2D eigenvalue weighted by Crippen LogP contribution is 2.26. The van der Waals surface area contributed by atoms with Gasteiger partial charge in [-0.25, -0.2) is 0 Å². The lowest BCUT2D eigenvalue weighted by atomic mass is 10.2. The van der Waals surface area contributed by atoms with Crippen LogP contribution in [0.25, 0.3) is 11.4 Å². The van der Waals surface area contributed by atoms with Crippen LogP contribution < -0.4 is 9.64 Å². The van der Waals surface area contributed by atoms with Crippen molar-refractivity contribution in [2.45, 2.75) is 12.8 Å². The maximum atomic E-state index is 4.94. The van der Waals surface area contributed by atoms with Crippen LogP contribution in [0.5, 0.6) is 6.08 Å². The number of ether oxygens (including phenoxy) is 1. The Bertz CT molecular complexity index is 533. The largest absolute Gasteiger partial charge is 0.452 e. The van der Waals surface area contributed by atoms with Crippen LogP contribution in [0.15, 0.2) is 28.8 Å². The SMILES string of the molecule is COc1nc(-c2cccc(N3CCCC3)c2)no1. The Morgan fingerprint density at radius 1 is 1.28 bits per heavy atom. The zero-order valence-electron chi connectivity index (χ0n) is 10.3. The summed E-state index contributed by atoms with van der Waals surface area (Å²) < 4.78 is 9.83. The average molecular weight is 245 g/mol. The van der Waals surface area contributed by atoms with Crippen molar-refractivity contribution in [1.29, 1.82) is 0 Å². The molecule has 0 spiro atoms. The first kappa shape index (κ1) is 11.1. The Morgan fingerprint density at radius 2 is 2.11 bits per heavy atom. The summed E-state index contributed by atoms with van der Waals surface area (Å²) in [5.41, 5.74) is 2.17. The summed E-state index contributed by atoms with van der Waals surface area (Å²) in [7, 11) is 1.51. The Kier molecular flexibility index (Phi) is 2.88. The second-order valence-electron chi connectivity index (χ2n) is 4.33. The van der Waals surface area contributed by atoms with E-state index in [1.807, 2.05) is 12.1 Å². The standard InChI is InChI=1S/C13H15N3O2/c1-17-13-14-12(15-18-13)10-5-4-6-11(9-10)16-7-2-3-8-16/h4-6,9H,2-3,7-8H2,1H3. The van der Waals surface area contributed by atoms with Crippen LogP contribution in [0.2, 0.25) is 0 Å². The molecule has 2 aromatic rings. The maximum Gasteiger partial charge on any atom is 0.417 e. The molecule has 0 radical (unpaired) electrons. The lowest BCUT2D eigenvalue weighted by Crippen LogP contribution is -2.17. The number of methoxy groups -OCH3 is 1. The van der Waals surface area contributed by atoms with Crippen LogP contribution in [0.1, 0.15) is 12.8 Å². The van der Waals surface area contributed by atoms with Gasteiger partial charge >= 0.3 is 6.08 Å². The first-order valence-electron chi connectivity index (χ1n) is 6.10. The zero-order valence-corrected chi connectivity index (χ0v) is 10.3. The van der Waals surface area contributed by atoms with E-state index in [9.17, 15) is 0 Å². The molecular formula is C13H15N3O2. The molecule has 0 N–H and O–H groups in total. The smallest absolute Gasteiger partial charge is 0.417 e. The van der Waals surface area contributed by atoms with Gasteiger partial charge in [0, 0.05) is 24.3 Å². The van der Waals surface area contributed by atoms with Gasteiger partial charge in [0.25, 0.3) is 0 Å². The minimum atomic E-state index is 0.191. The number of rotatable bonds is 3. The van der Waals surface area contributed by atoms with Gasteiger partial charge in [-0.1, -0.05) is 17.3 Å². The van der Waals surface area contributed by atoms with Gasteiger partial charge in [0.15, 0.2) is 0 Å². The molecule has 1 aliphatic rings. The van der Waals surface area contributed by atoms with Gasteiger partial charge in [0.2, 0.25) is 5.82 Å². The summed E-state index contributed by atoms with van der Waals surface area (Å²) in [5.74, 6) is 0.563. The van der Waals surface area contributed by atoms with E-state index < -0.39 is 0 Å².